The maximum absolute atomic E-state index is 12.4. The molecule has 0 aromatic heterocycles. The van der Waals surface area contributed by atoms with Gasteiger partial charge in [-0.15, -0.1) is 0 Å². The van der Waals surface area contributed by atoms with Gasteiger partial charge in [-0.05, 0) is 20.3 Å². The van der Waals surface area contributed by atoms with E-state index in [9.17, 15) is 33.9 Å². The number of carbonyl (C=O) groups is 6. The van der Waals surface area contributed by atoms with Crippen molar-refractivity contribution in [2.75, 3.05) is 0 Å². The number of rotatable bonds is 13. The number of nitrogens with one attached hydrogen (secondary N) is 3. The van der Waals surface area contributed by atoms with Gasteiger partial charge in [0.25, 0.3) is 0 Å². The van der Waals surface area contributed by atoms with E-state index in [0.717, 1.165) is 13.8 Å². The van der Waals surface area contributed by atoms with Crippen molar-refractivity contribution in [1.82, 2.24) is 16.0 Å². The average molecular weight is 433 g/mol. The van der Waals surface area contributed by atoms with E-state index in [4.69, 9.17) is 21.7 Å². The van der Waals surface area contributed by atoms with Crippen LogP contribution in [0.1, 0.15) is 33.1 Å². The molecule has 170 valence electrons. The molecule has 0 spiro atoms. The normalized spacial score (nSPS) is 15.6. The molecule has 0 aliphatic rings. The Hall–Kier alpha value is -3.26. The first-order valence-corrected chi connectivity index (χ1v) is 8.83. The van der Waals surface area contributed by atoms with Crippen LogP contribution in [0.25, 0.3) is 0 Å². The predicted octanol–water partition coefficient (Wildman–Crippen LogP) is -4.01. The van der Waals surface area contributed by atoms with Crippen LogP contribution in [0.3, 0.4) is 0 Å². The van der Waals surface area contributed by atoms with Crippen LogP contribution < -0.4 is 27.4 Å². The fourth-order valence-electron chi connectivity index (χ4n) is 2.12. The third-order valence-corrected chi connectivity index (χ3v) is 3.84. The first-order valence-electron chi connectivity index (χ1n) is 8.83. The van der Waals surface area contributed by atoms with Gasteiger partial charge in [0.2, 0.25) is 23.6 Å². The van der Waals surface area contributed by atoms with E-state index >= 15 is 0 Å². The number of carbonyl (C=O) groups excluding carboxylic acids is 4. The SMILES string of the molecule is CC(NC(=O)C(CC(=O)O)NC(=O)C(NC(=O)C(N)CCC(N)=O)C(C)O)C(=O)O. The lowest BCUT2D eigenvalue weighted by atomic mass is 10.1. The standard InChI is InChI=1S/C16H27N5O9/c1-6(16(29)30)19-14(27)9(5-11(24)25)20-15(28)12(7(2)22)21-13(26)8(17)3-4-10(18)23/h6-9,12,22H,3-5,17H2,1-2H3,(H2,18,23)(H,19,27)(H,20,28)(H,21,26)(H,24,25)(H,29,30). The Morgan fingerprint density at radius 1 is 0.900 bits per heavy atom. The second kappa shape index (κ2) is 12.3. The second-order valence-electron chi connectivity index (χ2n) is 6.57. The lowest BCUT2D eigenvalue weighted by Crippen LogP contribution is -2.59. The molecule has 0 aromatic carbocycles. The smallest absolute Gasteiger partial charge is 0.325 e. The largest absolute Gasteiger partial charge is 0.481 e. The van der Waals surface area contributed by atoms with Gasteiger partial charge in [-0.3, -0.25) is 28.8 Å². The maximum atomic E-state index is 12.4. The average Bonchev–Trinajstić information content (AvgIpc) is 2.62. The van der Waals surface area contributed by atoms with Gasteiger partial charge in [0.1, 0.15) is 18.1 Å². The van der Waals surface area contributed by atoms with Crippen LogP contribution in [0.4, 0.5) is 0 Å². The number of amides is 4. The van der Waals surface area contributed by atoms with Gasteiger partial charge in [0.05, 0.1) is 18.6 Å². The molecule has 14 nitrogen and oxygen atoms in total. The summed E-state index contributed by atoms with van der Waals surface area (Å²) in [6, 6.07) is -5.88. The van der Waals surface area contributed by atoms with Crippen molar-refractivity contribution in [1.29, 1.82) is 0 Å². The Balaban J connectivity index is 5.26. The Labute approximate surface area is 171 Å². The van der Waals surface area contributed by atoms with Crippen LogP contribution in [0.2, 0.25) is 0 Å². The monoisotopic (exact) mass is 433 g/mol. The quantitative estimate of drug-likeness (QED) is 0.140. The molecule has 5 atom stereocenters. The minimum absolute atomic E-state index is 0.119. The Kier molecular flexibility index (Phi) is 11.0. The zero-order valence-corrected chi connectivity index (χ0v) is 16.5. The van der Waals surface area contributed by atoms with Crippen molar-refractivity contribution < 1.29 is 44.1 Å². The zero-order valence-electron chi connectivity index (χ0n) is 16.5. The van der Waals surface area contributed by atoms with Gasteiger partial charge in [-0.1, -0.05) is 0 Å². The molecule has 0 aromatic rings. The summed E-state index contributed by atoms with van der Waals surface area (Å²) in [4.78, 5) is 69.2. The number of aliphatic carboxylic acids is 2. The van der Waals surface area contributed by atoms with Crippen LogP contribution >= 0.6 is 0 Å². The van der Waals surface area contributed by atoms with Crippen LogP contribution in [0.5, 0.6) is 0 Å². The number of primary amides is 1. The molecule has 4 amide bonds. The van der Waals surface area contributed by atoms with Gasteiger partial charge < -0.3 is 42.7 Å². The molecule has 0 fully saturated rings. The van der Waals surface area contributed by atoms with E-state index in [-0.39, 0.29) is 12.8 Å². The van der Waals surface area contributed by atoms with Crippen LogP contribution in [0, 0.1) is 0 Å². The van der Waals surface area contributed by atoms with Gasteiger partial charge in [-0.25, -0.2) is 0 Å². The van der Waals surface area contributed by atoms with Crippen molar-refractivity contribution in [3.8, 4) is 0 Å². The summed E-state index contributed by atoms with van der Waals surface area (Å²) in [5.74, 6) is -6.64. The summed E-state index contributed by atoms with van der Waals surface area (Å²) in [5, 5.41) is 33.8. The van der Waals surface area contributed by atoms with Gasteiger partial charge in [0, 0.05) is 6.42 Å². The number of nitrogens with two attached hydrogens (primary N) is 2. The molecule has 14 heteroatoms. The van der Waals surface area contributed by atoms with Crippen molar-refractivity contribution >= 4 is 35.6 Å². The highest BCUT2D eigenvalue weighted by Gasteiger charge is 2.32. The van der Waals surface area contributed by atoms with E-state index in [1.165, 1.54) is 0 Å². The molecule has 0 saturated heterocycles. The van der Waals surface area contributed by atoms with E-state index < -0.39 is 72.3 Å². The number of aliphatic hydroxyl groups excluding tert-OH is 1. The molecule has 0 heterocycles. The zero-order chi connectivity index (χ0) is 23.6. The molecule has 5 unspecified atom stereocenters. The van der Waals surface area contributed by atoms with Crippen LogP contribution in [-0.2, 0) is 28.8 Å². The lowest BCUT2D eigenvalue weighted by molar-refractivity contribution is -0.143. The third-order valence-electron chi connectivity index (χ3n) is 3.84. The Bertz CT molecular complexity index is 682. The fourth-order valence-corrected chi connectivity index (χ4v) is 2.12. The van der Waals surface area contributed by atoms with Gasteiger partial charge >= 0.3 is 11.9 Å². The number of carboxylic acids is 2. The molecule has 10 N–H and O–H groups in total. The molecule has 0 radical (unpaired) electrons. The molecule has 0 aliphatic carbocycles. The highest BCUT2D eigenvalue weighted by atomic mass is 16.4. The highest BCUT2D eigenvalue weighted by molar-refractivity contribution is 5.95. The first-order chi connectivity index (χ1) is 13.8. The minimum atomic E-state index is -1.68. The summed E-state index contributed by atoms with van der Waals surface area (Å²) in [7, 11) is 0. The summed E-state index contributed by atoms with van der Waals surface area (Å²) in [5.41, 5.74) is 10.5. The van der Waals surface area contributed by atoms with Crippen molar-refractivity contribution in [3.63, 3.8) is 0 Å². The van der Waals surface area contributed by atoms with Crippen molar-refractivity contribution in [2.24, 2.45) is 11.5 Å². The van der Waals surface area contributed by atoms with Crippen LogP contribution in [0.15, 0.2) is 0 Å². The number of hydrogen-bond donors (Lipinski definition) is 8. The number of aliphatic hydroxyl groups is 1. The number of hydrogen-bond acceptors (Lipinski definition) is 8. The van der Waals surface area contributed by atoms with E-state index in [2.05, 4.69) is 10.6 Å². The molecule has 0 saturated carbocycles. The Morgan fingerprint density at radius 2 is 1.47 bits per heavy atom. The van der Waals surface area contributed by atoms with Crippen molar-refractivity contribution in [2.45, 2.75) is 63.4 Å². The summed E-state index contributed by atoms with van der Waals surface area (Å²) >= 11 is 0. The molecule has 0 bridgehead atoms. The minimum Gasteiger partial charge on any atom is -0.481 e. The Morgan fingerprint density at radius 3 is 1.90 bits per heavy atom. The van der Waals surface area contributed by atoms with Gasteiger partial charge in [0.15, 0.2) is 0 Å². The second-order valence-corrected chi connectivity index (χ2v) is 6.57. The van der Waals surface area contributed by atoms with E-state index in [0.29, 0.717) is 0 Å². The first kappa shape index (κ1) is 26.7. The fraction of sp³-hybridized carbons (Fsp3) is 0.625. The lowest BCUT2D eigenvalue weighted by Gasteiger charge is -2.25. The van der Waals surface area contributed by atoms with Crippen molar-refractivity contribution in [3.05, 3.63) is 0 Å². The number of carboxylic acid groups (broad SMARTS) is 2. The molecule has 30 heavy (non-hydrogen) atoms. The van der Waals surface area contributed by atoms with E-state index in [1.54, 1.807) is 0 Å². The summed E-state index contributed by atoms with van der Waals surface area (Å²) in [6.45, 7) is 2.28. The molecule has 0 aliphatic heterocycles. The predicted molar refractivity (Wildman–Crippen MR) is 99.4 cm³/mol. The summed E-state index contributed by atoms with van der Waals surface area (Å²) in [6.07, 6.45) is -2.67. The highest BCUT2D eigenvalue weighted by Crippen LogP contribution is 2.02. The topological polar surface area (TPSA) is 251 Å². The molecule has 0 rings (SSSR count). The molecular formula is C16H27N5O9. The third kappa shape index (κ3) is 9.79. The van der Waals surface area contributed by atoms with E-state index in [1.807, 2.05) is 5.32 Å². The summed E-state index contributed by atoms with van der Waals surface area (Å²) < 4.78 is 0. The van der Waals surface area contributed by atoms with Gasteiger partial charge in [-0.2, -0.15) is 0 Å². The molecular weight excluding hydrogens is 406 g/mol. The maximum Gasteiger partial charge on any atom is 0.325 e. The van der Waals surface area contributed by atoms with Crippen LogP contribution in [-0.4, -0.2) is 81.2 Å².